The van der Waals surface area contributed by atoms with Crippen molar-refractivity contribution < 1.29 is 9.53 Å². The van der Waals surface area contributed by atoms with Gasteiger partial charge in [-0.3, -0.25) is 5.43 Å². The van der Waals surface area contributed by atoms with Crippen LogP contribution in [0.3, 0.4) is 0 Å². The van der Waals surface area contributed by atoms with Gasteiger partial charge >= 0.3 is 6.09 Å². The number of hydrogen-bond acceptors (Lipinski definition) is 6. The van der Waals surface area contributed by atoms with Crippen LogP contribution in [0.2, 0.25) is 0 Å². The molecule has 0 atom stereocenters. The first kappa shape index (κ1) is 16.9. The minimum absolute atomic E-state index is 0.383. The predicted octanol–water partition coefficient (Wildman–Crippen LogP) is 3.14. The van der Waals surface area contributed by atoms with Crippen molar-refractivity contribution in [2.45, 2.75) is 39.5 Å². The van der Waals surface area contributed by atoms with Crippen LogP contribution >= 0.6 is 22.7 Å². The first-order valence-corrected chi connectivity index (χ1v) is 8.90. The summed E-state index contributed by atoms with van der Waals surface area (Å²) in [5, 5.41) is 3.26. The Kier molecular flexibility index (Phi) is 6.35. The molecule has 0 saturated heterocycles. The largest absolute Gasteiger partial charge is 0.449 e. The van der Waals surface area contributed by atoms with Crippen LogP contribution in [0.1, 0.15) is 32.4 Å². The van der Waals surface area contributed by atoms with Crippen LogP contribution in [-0.2, 0) is 24.0 Å². The van der Waals surface area contributed by atoms with Crippen molar-refractivity contribution in [3.05, 3.63) is 37.5 Å². The molecule has 2 heterocycles. The van der Waals surface area contributed by atoms with Crippen molar-refractivity contribution in [2.24, 2.45) is 5.84 Å². The van der Waals surface area contributed by atoms with E-state index < -0.39 is 6.09 Å². The van der Waals surface area contributed by atoms with E-state index in [1.807, 2.05) is 23.7 Å². The minimum atomic E-state index is -0.581. The second-order valence-electron chi connectivity index (χ2n) is 5.06. The lowest BCUT2D eigenvalue weighted by Crippen LogP contribution is -2.30. The van der Waals surface area contributed by atoms with E-state index >= 15 is 0 Å². The second kappa shape index (κ2) is 8.26. The third-order valence-electron chi connectivity index (χ3n) is 3.26. The van der Waals surface area contributed by atoms with Gasteiger partial charge in [0.25, 0.3) is 0 Å². The maximum atomic E-state index is 10.9. The van der Waals surface area contributed by atoms with Gasteiger partial charge in [0.1, 0.15) is 0 Å². The van der Waals surface area contributed by atoms with Crippen molar-refractivity contribution in [3.8, 4) is 0 Å². The second-order valence-corrected chi connectivity index (χ2v) is 7.34. The fourth-order valence-electron chi connectivity index (χ4n) is 2.18. The van der Waals surface area contributed by atoms with E-state index in [0.29, 0.717) is 6.61 Å². The zero-order chi connectivity index (χ0) is 15.9. The molecule has 0 aliphatic heterocycles. The van der Waals surface area contributed by atoms with Gasteiger partial charge in [-0.15, -0.1) is 22.7 Å². The first-order valence-electron chi connectivity index (χ1n) is 7.21. The van der Waals surface area contributed by atoms with Crippen molar-refractivity contribution in [2.75, 3.05) is 6.61 Å². The number of aromatic nitrogens is 1. The van der Waals surface area contributed by atoms with Gasteiger partial charge in [-0.25, -0.2) is 15.6 Å². The van der Waals surface area contributed by atoms with E-state index in [2.05, 4.69) is 23.4 Å². The van der Waals surface area contributed by atoms with Gasteiger partial charge < -0.3 is 4.74 Å². The van der Waals surface area contributed by atoms with Crippen LogP contribution in [0.15, 0.2) is 11.4 Å². The van der Waals surface area contributed by atoms with E-state index in [-0.39, 0.29) is 0 Å². The SMILES string of the molecule is Cc1nc(CCc2cc(C)c(CCCOC(=O)NN)s2)cs1. The summed E-state index contributed by atoms with van der Waals surface area (Å²) < 4.78 is 4.89. The number of nitrogens with zero attached hydrogens (tertiary/aromatic N) is 1. The minimum Gasteiger partial charge on any atom is -0.449 e. The lowest BCUT2D eigenvalue weighted by molar-refractivity contribution is 0.145. The molecule has 0 bridgehead atoms. The molecule has 0 fully saturated rings. The molecule has 0 unspecified atom stereocenters. The van der Waals surface area contributed by atoms with Crippen LogP contribution in [-0.4, -0.2) is 17.7 Å². The molecule has 5 nitrogen and oxygen atoms in total. The summed E-state index contributed by atoms with van der Waals surface area (Å²) in [6, 6.07) is 2.26. The average molecular weight is 339 g/mol. The summed E-state index contributed by atoms with van der Waals surface area (Å²) in [5.41, 5.74) is 4.44. The van der Waals surface area contributed by atoms with Crippen LogP contribution in [0, 0.1) is 13.8 Å². The van der Waals surface area contributed by atoms with E-state index in [0.717, 1.165) is 30.7 Å². The van der Waals surface area contributed by atoms with Crippen LogP contribution in [0.5, 0.6) is 0 Å². The van der Waals surface area contributed by atoms with Crippen LogP contribution in [0.4, 0.5) is 4.79 Å². The number of nitrogens with two attached hydrogens (primary N) is 1. The summed E-state index contributed by atoms with van der Waals surface area (Å²) in [6.07, 6.45) is 3.16. The maximum absolute atomic E-state index is 10.9. The topological polar surface area (TPSA) is 77.2 Å². The Labute approximate surface area is 138 Å². The molecule has 2 aromatic heterocycles. The Morgan fingerprint density at radius 2 is 2.18 bits per heavy atom. The van der Waals surface area contributed by atoms with Gasteiger partial charge in [0, 0.05) is 15.1 Å². The quantitative estimate of drug-likeness (QED) is 0.352. The molecule has 2 rings (SSSR count). The monoisotopic (exact) mass is 339 g/mol. The number of aryl methyl sites for hydroxylation is 5. The molecule has 0 aromatic carbocycles. The zero-order valence-electron chi connectivity index (χ0n) is 12.8. The number of ether oxygens (including phenoxy) is 1. The van der Waals surface area contributed by atoms with Crippen LogP contribution in [0.25, 0.3) is 0 Å². The molecule has 0 saturated carbocycles. The smallest absolute Gasteiger partial charge is 0.421 e. The Morgan fingerprint density at radius 3 is 2.86 bits per heavy atom. The Morgan fingerprint density at radius 1 is 1.36 bits per heavy atom. The highest BCUT2D eigenvalue weighted by Gasteiger charge is 2.07. The van der Waals surface area contributed by atoms with Gasteiger partial charge in [-0.2, -0.15) is 0 Å². The van der Waals surface area contributed by atoms with Crippen molar-refractivity contribution in [3.63, 3.8) is 0 Å². The number of nitrogens with one attached hydrogen (secondary N) is 1. The van der Waals surface area contributed by atoms with E-state index in [1.54, 1.807) is 11.3 Å². The Balaban J connectivity index is 1.79. The molecule has 0 aliphatic carbocycles. The summed E-state index contributed by atoms with van der Waals surface area (Å²) in [7, 11) is 0. The molecule has 120 valence electrons. The molecule has 0 radical (unpaired) electrons. The lowest BCUT2D eigenvalue weighted by Gasteiger charge is -2.03. The normalized spacial score (nSPS) is 10.7. The Bertz CT molecular complexity index is 622. The zero-order valence-corrected chi connectivity index (χ0v) is 14.5. The summed E-state index contributed by atoms with van der Waals surface area (Å²) >= 11 is 3.55. The van der Waals surface area contributed by atoms with Gasteiger partial charge in [0.05, 0.1) is 17.3 Å². The molecule has 3 N–H and O–H groups in total. The van der Waals surface area contributed by atoms with Gasteiger partial charge in [0.15, 0.2) is 0 Å². The highest BCUT2D eigenvalue weighted by atomic mass is 32.1. The molecular formula is C15H21N3O2S2. The average Bonchev–Trinajstić information content (AvgIpc) is 3.07. The molecule has 0 aliphatic rings. The van der Waals surface area contributed by atoms with Gasteiger partial charge in [0.2, 0.25) is 0 Å². The molecular weight excluding hydrogens is 318 g/mol. The number of thiophene rings is 1. The summed E-state index contributed by atoms with van der Waals surface area (Å²) in [5.74, 6) is 4.95. The van der Waals surface area contributed by atoms with E-state index in [4.69, 9.17) is 10.6 Å². The highest BCUT2D eigenvalue weighted by molar-refractivity contribution is 7.12. The number of carbonyl (C=O) groups is 1. The summed E-state index contributed by atoms with van der Waals surface area (Å²) in [6.45, 7) is 4.55. The Hall–Kier alpha value is -1.44. The highest BCUT2D eigenvalue weighted by Crippen LogP contribution is 2.25. The van der Waals surface area contributed by atoms with Gasteiger partial charge in [-0.1, -0.05) is 0 Å². The van der Waals surface area contributed by atoms with Crippen molar-refractivity contribution in [1.29, 1.82) is 0 Å². The molecule has 0 spiro atoms. The predicted molar refractivity (Wildman–Crippen MR) is 90.3 cm³/mol. The lowest BCUT2D eigenvalue weighted by atomic mass is 10.1. The number of hydrazine groups is 1. The van der Waals surface area contributed by atoms with Gasteiger partial charge in [-0.05, 0) is 51.2 Å². The molecule has 2 aromatic rings. The van der Waals surface area contributed by atoms with E-state index in [9.17, 15) is 4.79 Å². The standard InChI is InChI=1S/C15H21N3O2S2/c1-10-8-13(6-5-12-9-21-11(2)17-12)22-14(10)4-3-7-20-15(19)18-16/h8-9H,3-7,16H2,1-2H3,(H,18,19). The number of hydrogen-bond donors (Lipinski definition) is 2. The van der Waals surface area contributed by atoms with Crippen molar-refractivity contribution in [1.82, 2.24) is 10.4 Å². The molecule has 7 heteroatoms. The third kappa shape index (κ3) is 5.08. The molecule has 1 amide bonds. The maximum Gasteiger partial charge on any atom is 0.421 e. The number of carbonyl (C=O) groups excluding carboxylic acids is 1. The fraction of sp³-hybridized carbons (Fsp3) is 0.467. The number of amides is 1. The van der Waals surface area contributed by atoms with Crippen LogP contribution < -0.4 is 11.3 Å². The molecule has 22 heavy (non-hydrogen) atoms. The number of rotatable bonds is 7. The summed E-state index contributed by atoms with van der Waals surface area (Å²) in [4.78, 5) is 18.1. The third-order valence-corrected chi connectivity index (χ3v) is 5.44. The number of thiazole rings is 1. The first-order chi connectivity index (χ1) is 10.6. The van der Waals surface area contributed by atoms with Crippen molar-refractivity contribution >= 4 is 28.8 Å². The van der Waals surface area contributed by atoms with E-state index in [1.165, 1.54) is 21.0 Å². The fourth-order valence-corrected chi connectivity index (χ4v) is 4.04.